The fourth-order valence-corrected chi connectivity index (χ4v) is 4.05. The first-order chi connectivity index (χ1) is 12.0. The second-order valence-corrected chi connectivity index (χ2v) is 6.76. The Hall–Kier alpha value is -2.65. The Bertz CT molecular complexity index is 936. The number of nitrogens with zero attached hydrogens (tertiary/aromatic N) is 2. The number of nitrogens with one attached hydrogen (secondary N) is 1. The number of allylic oxidation sites excluding steroid dienone is 3. The summed E-state index contributed by atoms with van der Waals surface area (Å²) in [6.07, 6.45) is 0. The number of aromatic nitrogens is 1. The zero-order valence-corrected chi connectivity index (χ0v) is 15.3. The Kier molecular flexibility index (Phi) is 4.60. The van der Waals surface area contributed by atoms with Crippen molar-refractivity contribution in [1.29, 1.82) is 0 Å². The van der Waals surface area contributed by atoms with Crippen LogP contribution in [0.1, 0.15) is 36.0 Å². The van der Waals surface area contributed by atoms with Crippen LogP contribution in [0.5, 0.6) is 5.75 Å². The summed E-state index contributed by atoms with van der Waals surface area (Å²) in [5.74, 6) is -0.286. The van der Waals surface area contributed by atoms with Crippen molar-refractivity contribution in [3.05, 3.63) is 74.2 Å². The summed E-state index contributed by atoms with van der Waals surface area (Å²) in [6, 6.07) is 4.45. The highest BCUT2D eigenvalue weighted by atomic mass is 32.1. The monoisotopic (exact) mass is 355 g/mol. The van der Waals surface area contributed by atoms with Gasteiger partial charge in [-0.05, 0) is 32.4 Å². The maximum absolute atomic E-state index is 13.7. The van der Waals surface area contributed by atoms with Crippen molar-refractivity contribution in [1.82, 2.24) is 10.3 Å². The van der Waals surface area contributed by atoms with Crippen molar-refractivity contribution in [2.45, 2.75) is 26.7 Å². The topological polar surface area (TPSA) is 38.5 Å². The van der Waals surface area contributed by atoms with Crippen LogP contribution in [0.2, 0.25) is 0 Å². The lowest BCUT2D eigenvalue weighted by atomic mass is 9.84. The molecule has 2 heterocycles. The number of ether oxygens (including phenoxy) is 1. The maximum Gasteiger partial charge on any atom is 0.195 e. The quantitative estimate of drug-likeness (QED) is 0.799. The first-order valence-corrected chi connectivity index (χ1v) is 8.66. The van der Waals surface area contributed by atoms with Gasteiger partial charge in [-0.3, -0.25) is 0 Å². The molecule has 1 aliphatic heterocycles. The second kappa shape index (κ2) is 6.69. The van der Waals surface area contributed by atoms with Crippen molar-refractivity contribution in [2.24, 2.45) is 0 Å². The summed E-state index contributed by atoms with van der Waals surface area (Å²) in [5, 5.41) is 6.12. The first-order valence-electron chi connectivity index (χ1n) is 7.78. The Morgan fingerprint density at radius 3 is 2.64 bits per heavy atom. The van der Waals surface area contributed by atoms with Gasteiger partial charge in [0.15, 0.2) is 5.70 Å². The van der Waals surface area contributed by atoms with E-state index in [9.17, 15) is 4.39 Å². The molecule has 0 bridgehead atoms. The zero-order chi connectivity index (χ0) is 18.1. The minimum atomic E-state index is -0.369. The average molecular weight is 355 g/mol. The van der Waals surface area contributed by atoms with Gasteiger partial charge in [-0.1, -0.05) is 6.07 Å². The van der Waals surface area contributed by atoms with Crippen LogP contribution < -0.4 is 10.1 Å². The molecule has 0 saturated heterocycles. The van der Waals surface area contributed by atoms with Crippen molar-refractivity contribution >= 4 is 16.9 Å². The summed E-state index contributed by atoms with van der Waals surface area (Å²) in [6.45, 7) is 13.5. The van der Waals surface area contributed by atoms with Gasteiger partial charge in [-0.15, -0.1) is 11.3 Å². The third-order valence-corrected chi connectivity index (χ3v) is 5.20. The highest BCUT2D eigenvalue weighted by molar-refractivity contribution is 7.10. The molecule has 6 heteroatoms. The molecule has 0 saturated carbocycles. The van der Waals surface area contributed by atoms with Crippen LogP contribution in [0.4, 0.5) is 4.39 Å². The van der Waals surface area contributed by atoms with Crippen molar-refractivity contribution in [2.75, 3.05) is 7.11 Å². The summed E-state index contributed by atoms with van der Waals surface area (Å²) in [4.78, 5) is 8.37. The number of hydrogen-bond donors (Lipinski definition) is 1. The molecule has 0 aliphatic carbocycles. The molecule has 128 valence electrons. The predicted octanol–water partition coefficient (Wildman–Crippen LogP) is 4.87. The van der Waals surface area contributed by atoms with E-state index in [1.54, 1.807) is 6.07 Å². The fraction of sp³-hybridized carbons (Fsp3) is 0.263. The van der Waals surface area contributed by atoms with Crippen LogP contribution in [-0.2, 0) is 0 Å². The molecule has 1 aliphatic rings. The van der Waals surface area contributed by atoms with Crippen LogP contribution >= 0.6 is 11.3 Å². The number of thiazole rings is 1. The lowest BCUT2D eigenvalue weighted by Gasteiger charge is -2.29. The molecule has 0 fully saturated rings. The average Bonchev–Trinajstić information content (AvgIpc) is 3.00. The van der Waals surface area contributed by atoms with Crippen molar-refractivity contribution in [3.8, 4) is 5.75 Å². The molecule has 1 N–H and O–H groups in total. The van der Waals surface area contributed by atoms with E-state index in [0.717, 1.165) is 33.2 Å². The zero-order valence-electron chi connectivity index (χ0n) is 14.5. The molecular formula is C19H18FN3OS. The van der Waals surface area contributed by atoms with Crippen LogP contribution in [0.25, 0.3) is 10.4 Å². The highest BCUT2D eigenvalue weighted by Gasteiger charge is 2.34. The van der Waals surface area contributed by atoms with E-state index in [1.165, 1.54) is 30.6 Å². The molecule has 0 amide bonds. The van der Waals surface area contributed by atoms with Crippen LogP contribution in [-0.4, -0.2) is 12.1 Å². The van der Waals surface area contributed by atoms with Crippen LogP contribution in [0.3, 0.4) is 0 Å². The number of halogens is 1. The summed E-state index contributed by atoms with van der Waals surface area (Å²) in [7, 11) is 1.51. The number of benzene rings is 1. The van der Waals surface area contributed by atoms with Crippen molar-refractivity contribution in [3.63, 3.8) is 0 Å². The largest absolute Gasteiger partial charge is 0.496 e. The molecule has 0 radical (unpaired) electrons. The smallest absolute Gasteiger partial charge is 0.195 e. The van der Waals surface area contributed by atoms with Gasteiger partial charge in [-0.2, -0.15) is 0 Å². The Balaban J connectivity index is 2.27. The molecule has 1 atom stereocenters. The standard InChI is InChI=1S/C19H18FN3OS/c1-10-9-25-19(22-10)16-11(2)23-12(3)18(21-4)17(16)14-7-6-13(20)8-15(14)24-5/h6-9,17,23H,1-3,5H3. The molecule has 4 nitrogen and oxygen atoms in total. The van der Waals surface area contributed by atoms with E-state index < -0.39 is 0 Å². The molecule has 1 unspecified atom stereocenters. The third kappa shape index (κ3) is 3.03. The van der Waals surface area contributed by atoms with Gasteiger partial charge in [0.05, 0.1) is 19.6 Å². The van der Waals surface area contributed by atoms with Gasteiger partial charge < -0.3 is 10.1 Å². The normalized spacial score (nSPS) is 17.4. The molecule has 3 rings (SSSR count). The first kappa shape index (κ1) is 17.2. The fourth-order valence-electron chi connectivity index (χ4n) is 3.12. The van der Waals surface area contributed by atoms with Crippen LogP contribution in [0, 0.1) is 19.3 Å². The molecule has 1 aromatic heterocycles. The number of dihydropyridines is 1. The summed E-state index contributed by atoms with van der Waals surface area (Å²) in [5.41, 5.74) is 4.92. The van der Waals surface area contributed by atoms with E-state index >= 15 is 0 Å². The lowest BCUT2D eigenvalue weighted by Crippen LogP contribution is -2.23. The van der Waals surface area contributed by atoms with E-state index in [-0.39, 0.29) is 11.7 Å². The maximum atomic E-state index is 13.7. The third-order valence-electron chi connectivity index (χ3n) is 4.20. The SMILES string of the molecule is [C-]#[N+]C1=C(C)NC(C)=C(c2nc(C)cs2)C1c1ccc(F)cc1OC. The van der Waals surface area contributed by atoms with Crippen molar-refractivity contribution < 1.29 is 9.13 Å². The highest BCUT2D eigenvalue weighted by Crippen LogP contribution is 2.47. The van der Waals surface area contributed by atoms with E-state index in [4.69, 9.17) is 11.3 Å². The van der Waals surface area contributed by atoms with Gasteiger partial charge in [0.25, 0.3) is 0 Å². The van der Waals surface area contributed by atoms with Gasteiger partial charge >= 0.3 is 0 Å². The Morgan fingerprint density at radius 1 is 1.28 bits per heavy atom. The summed E-state index contributed by atoms with van der Waals surface area (Å²) < 4.78 is 19.1. The molecule has 1 aromatic carbocycles. The van der Waals surface area contributed by atoms with E-state index in [2.05, 4.69) is 15.1 Å². The summed E-state index contributed by atoms with van der Waals surface area (Å²) >= 11 is 1.54. The van der Waals surface area contributed by atoms with Gasteiger partial charge in [0.2, 0.25) is 0 Å². The van der Waals surface area contributed by atoms with Gasteiger partial charge in [-0.25, -0.2) is 14.2 Å². The lowest BCUT2D eigenvalue weighted by molar-refractivity contribution is 0.405. The molecule has 0 spiro atoms. The minimum Gasteiger partial charge on any atom is -0.496 e. The number of methoxy groups -OCH3 is 1. The molecule has 2 aromatic rings. The Morgan fingerprint density at radius 2 is 2.04 bits per heavy atom. The van der Waals surface area contributed by atoms with Gasteiger partial charge in [0.1, 0.15) is 16.6 Å². The molecule has 25 heavy (non-hydrogen) atoms. The Labute approximate surface area is 150 Å². The van der Waals surface area contributed by atoms with E-state index in [0.29, 0.717) is 11.4 Å². The number of aryl methyl sites for hydroxylation is 1. The van der Waals surface area contributed by atoms with Gasteiger partial charge in [0, 0.05) is 34.1 Å². The number of hydrogen-bond acceptors (Lipinski definition) is 4. The van der Waals surface area contributed by atoms with Crippen LogP contribution in [0.15, 0.2) is 40.7 Å². The molecular weight excluding hydrogens is 337 g/mol. The minimum absolute atomic E-state index is 0.347. The second-order valence-electron chi connectivity index (χ2n) is 5.90. The predicted molar refractivity (Wildman–Crippen MR) is 97.6 cm³/mol. The number of rotatable bonds is 3. The van der Waals surface area contributed by atoms with E-state index in [1.807, 2.05) is 26.2 Å².